The van der Waals surface area contributed by atoms with E-state index in [-0.39, 0.29) is 18.3 Å². The first-order valence-electron chi connectivity index (χ1n) is 10.4. The van der Waals surface area contributed by atoms with Gasteiger partial charge in [-0.25, -0.2) is 9.18 Å². The summed E-state index contributed by atoms with van der Waals surface area (Å²) in [7, 11) is -4.50. The van der Waals surface area contributed by atoms with Gasteiger partial charge in [0.2, 0.25) is 0 Å². The highest BCUT2D eigenvalue weighted by Crippen LogP contribution is 2.31. The van der Waals surface area contributed by atoms with Crippen molar-refractivity contribution in [2.75, 3.05) is 5.32 Å². The lowest BCUT2D eigenvalue weighted by molar-refractivity contribution is -0.137. The zero-order valence-corrected chi connectivity index (χ0v) is 19.5. The summed E-state index contributed by atoms with van der Waals surface area (Å²) in [6.45, 7) is 3.74. The van der Waals surface area contributed by atoms with Crippen LogP contribution in [0.15, 0.2) is 77.7 Å². The molecule has 0 saturated heterocycles. The molecular formula is C24H22F4N2O4S. The van der Waals surface area contributed by atoms with Crippen LogP contribution >= 0.6 is 0 Å². The van der Waals surface area contributed by atoms with E-state index in [0.717, 1.165) is 18.2 Å². The first-order chi connectivity index (χ1) is 16.3. The Balaban J connectivity index is 1.71. The maximum Gasteiger partial charge on any atom is 0.416 e. The van der Waals surface area contributed by atoms with Crippen LogP contribution in [0.25, 0.3) is 0 Å². The molecule has 0 aliphatic heterocycles. The van der Waals surface area contributed by atoms with Gasteiger partial charge >= 0.3 is 22.3 Å². The molecule has 3 rings (SSSR count). The molecule has 0 unspecified atom stereocenters. The standard InChI is InChI=1S/C24H22F4N2O4S/c1-16(2)30(23(31)29-20-7-4-6-19(25)14-20)15-17-9-11-21(12-10-17)34-35(32,33)22-8-3-5-18(13-22)24(26,27)28/h3-14,16H,15H2,1-2H3,(H,29,31). The number of benzene rings is 3. The molecule has 0 bridgehead atoms. The van der Waals surface area contributed by atoms with Crippen LogP contribution in [0.1, 0.15) is 25.0 Å². The van der Waals surface area contributed by atoms with Crippen LogP contribution in [0.5, 0.6) is 5.75 Å². The number of halogens is 4. The van der Waals surface area contributed by atoms with Crippen molar-refractivity contribution in [3.63, 3.8) is 0 Å². The van der Waals surface area contributed by atoms with Gasteiger partial charge in [-0.2, -0.15) is 21.6 Å². The maximum atomic E-state index is 13.4. The third kappa shape index (κ3) is 6.95. The summed E-state index contributed by atoms with van der Waals surface area (Å²) in [4.78, 5) is 13.5. The summed E-state index contributed by atoms with van der Waals surface area (Å²) in [5, 5.41) is 2.62. The summed E-state index contributed by atoms with van der Waals surface area (Å²) in [6, 6.07) is 13.8. The molecule has 0 fully saturated rings. The van der Waals surface area contributed by atoms with Gasteiger partial charge < -0.3 is 14.4 Å². The molecule has 3 aromatic rings. The number of urea groups is 1. The number of alkyl halides is 3. The summed E-state index contributed by atoms with van der Waals surface area (Å²) in [5.74, 6) is -0.596. The van der Waals surface area contributed by atoms with Gasteiger partial charge in [-0.15, -0.1) is 0 Å². The highest BCUT2D eigenvalue weighted by molar-refractivity contribution is 7.87. The maximum absolute atomic E-state index is 13.4. The van der Waals surface area contributed by atoms with E-state index in [2.05, 4.69) is 5.32 Å². The minimum Gasteiger partial charge on any atom is -0.379 e. The Labute approximate surface area is 200 Å². The third-order valence-corrected chi connectivity index (χ3v) is 6.14. The van der Waals surface area contributed by atoms with E-state index in [4.69, 9.17) is 4.18 Å². The van der Waals surface area contributed by atoms with Crippen molar-refractivity contribution in [3.05, 3.63) is 89.7 Å². The highest BCUT2D eigenvalue weighted by Gasteiger charge is 2.32. The summed E-state index contributed by atoms with van der Waals surface area (Å²) in [6.07, 6.45) is -4.70. The van der Waals surface area contributed by atoms with E-state index in [1.807, 2.05) is 0 Å². The van der Waals surface area contributed by atoms with E-state index in [1.165, 1.54) is 47.4 Å². The monoisotopic (exact) mass is 510 g/mol. The van der Waals surface area contributed by atoms with Crippen molar-refractivity contribution < 1.29 is 35.0 Å². The van der Waals surface area contributed by atoms with Crippen LogP contribution in [0.3, 0.4) is 0 Å². The third-order valence-electron chi connectivity index (χ3n) is 4.89. The van der Waals surface area contributed by atoms with Crippen LogP contribution in [0, 0.1) is 5.82 Å². The Hall–Kier alpha value is -3.60. The number of amides is 2. The molecule has 0 atom stereocenters. The fourth-order valence-electron chi connectivity index (χ4n) is 3.10. The Kier molecular flexibility index (Phi) is 7.69. The Morgan fingerprint density at radius 2 is 1.66 bits per heavy atom. The van der Waals surface area contributed by atoms with Gasteiger partial charge in [0, 0.05) is 18.3 Å². The number of hydrogen-bond donors (Lipinski definition) is 1. The van der Waals surface area contributed by atoms with E-state index in [9.17, 15) is 30.8 Å². The van der Waals surface area contributed by atoms with Crippen molar-refractivity contribution in [2.45, 2.75) is 37.5 Å². The van der Waals surface area contributed by atoms with Gasteiger partial charge in [0.25, 0.3) is 0 Å². The van der Waals surface area contributed by atoms with Crippen LogP contribution in [0.4, 0.5) is 28.0 Å². The van der Waals surface area contributed by atoms with Gasteiger partial charge in [0.05, 0.1) is 5.56 Å². The topological polar surface area (TPSA) is 75.7 Å². The average molecular weight is 511 g/mol. The quantitative estimate of drug-likeness (QED) is 0.310. The predicted molar refractivity (Wildman–Crippen MR) is 122 cm³/mol. The predicted octanol–water partition coefficient (Wildman–Crippen LogP) is 6.05. The summed E-state index contributed by atoms with van der Waals surface area (Å²) < 4.78 is 82.0. The molecule has 0 radical (unpaired) electrons. The minimum absolute atomic E-state index is 0.105. The van der Waals surface area contributed by atoms with Crippen molar-refractivity contribution in [1.82, 2.24) is 4.90 Å². The van der Waals surface area contributed by atoms with E-state index in [1.54, 1.807) is 19.9 Å². The summed E-state index contributed by atoms with van der Waals surface area (Å²) in [5.41, 5.74) is -0.177. The molecule has 2 amide bonds. The molecule has 0 aliphatic rings. The number of anilines is 1. The second-order valence-corrected chi connectivity index (χ2v) is 9.42. The largest absolute Gasteiger partial charge is 0.416 e. The van der Waals surface area contributed by atoms with Crippen molar-refractivity contribution >= 4 is 21.8 Å². The van der Waals surface area contributed by atoms with E-state index in [0.29, 0.717) is 17.3 Å². The minimum atomic E-state index is -4.70. The second kappa shape index (κ2) is 10.3. The number of carbonyl (C=O) groups is 1. The molecule has 6 nitrogen and oxygen atoms in total. The van der Waals surface area contributed by atoms with Crippen molar-refractivity contribution in [2.24, 2.45) is 0 Å². The molecule has 0 aromatic heterocycles. The first kappa shape index (κ1) is 26.0. The van der Waals surface area contributed by atoms with Crippen LogP contribution in [-0.2, 0) is 22.8 Å². The number of nitrogens with zero attached hydrogens (tertiary/aromatic N) is 1. The smallest absolute Gasteiger partial charge is 0.379 e. The number of carbonyl (C=O) groups excluding carboxylic acids is 1. The zero-order valence-electron chi connectivity index (χ0n) is 18.7. The molecule has 0 spiro atoms. The second-order valence-electron chi connectivity index (χ2n) is 7.87. The molecule has 3 aromatic carbocycles. The fourth-order valence-corrected chi connectivity index (χ4v) is 4.08. The lowest BCUT2D eigenvalue weighted by Gasteiger charge is -2.27. The van der Waals surface area contributed by atoms with Crippen molar-refractivity contribution in [3.8, 4) is 5.75 Å². The number of hydrogen-bond acceptors (Lipinski definition) is 4. The Morgan fingerprint density at radius 1 is 1.00 bits per heavy atom. The van der Waals surface area contributed by atoms with Gasteiger partial charge in [0.1, 0.15) is 16.5 Å². The summed E-state index contributed by atoms with van der Waals surface area (Å²) >= 11 is 0. The molecule has 0 heterocycles. The van der Waals surface area contributed by atoms with E-state index < -0.39 is 38.6 Å². The van der Waals surface area contributed by atoms with E-state index >= 15 is 0 Å². The van der Waals surface area contributed by atoms with Gasteiger partial charge in [-0.1, -0.05) is 24.3 Å². The molecule has 186 valence electrons. The number of nitrogens with one attached hydrogen (secondary N) is 1. The van der Waals surface area contributed by atoms with Gasteiger partial charge in [-0.05, 0) is 67.9 Å². The average Bonchev–Trinajstić information content (AvgIpc) is 2.77. The molecule has 35 heavy (non-hydrogen) atoms. The Morgan fingerprint density at radius 3 is 2.26 bits per heavy atom. The SMILES string of the molecule is CC(C)N(Cc1ccc(OS(=O)(=O)c2cccc(C(F)(F)F)c2)cc1)C(=O)Nc1cccc(F)c1. The molecular weight excluding hydrogens is 488 g/mol. The molecule has 0 aliphatic carbocycles. The zero-order chi connectivity index (χ0) is 25.8. The first-order valence-corrected chi connectivity index (χ1v) is 11.8. The lowest BCUT2D eigenvalue weighted by Crippen LogP contribution is -2.39. The molecule has 11 heteroatoms. The fraction of sp³-hybridized carbons (Fsp3) is 0.208. The van der Waals surface area contributed by atoms with Crippen LogP contribution < -0.4 is 9.50 Å². The normalized spacial score (nSPS) is 11.9. The van der Waals surface area contributed by atoms with Crippen LogP contribution in [0.2, 0.25) is 0 Å². The van der Waals surface area contributed by atoms with Crippen molar-refractivity contribution in [1.29, 1.82) is 0 Å². The molecule has 1 N–H and O–H groups in total. The van der Waals surface area contributed by atoms with Gasteiger partial charge in [0.15, 0.2) is 0 Å². The molecule has 0 saturated carbocycles. The van der Waals surface area contributed by atoms with Gasteiger partial charge in [-0.3, -0.25) is 0 Å². The lowest BCUT2D eigenvalue weighted by atomic mass is 10.2. The van der Waals surface area contributed by atoms with Crippen LogP contribution in [-0.4, -0.2) is 25.4 Å². The number of rotatable bonds is 7. The highest BCUT2D eigenvalue weighted by atomic mass is 32.2. The Bertz CT molecular complexity index is 1290.